The van der Waals surface area contributed by atoms with Gasteiger partial charge in [-0.2, -0.15) is 5.10 Å². The summed E-state index contributed by atoms with van der Waals surface area (Å²) in [6.45, 7) is 8.74. The first-order chi connectivity index (χ1) is 7.49. The molecule has 0 aromatic carbocycles. The minimum Gasteiger partial charge on any atom is -0.327 e. The van der Waals surface area contributed by atoms with Crippen LogP contribution in [0.1, 0.15) is 52.3 Å². The lowest BCUT2D eigenvalue weighted by Gasteiger charge is -2.11. The Morgan fingerprint density at radius 3 is 2.44 bits per heavy atom. The molecule has 0 aliphatic carbocycles. The Hall–Kier alpha value is -0.830. The molecule has 1 heterocycles. The van der Waals surface area contributed by atoms with Crippen molar-refractivity contribution in [2.45, 2.75) is 59.0 Å². The molecule has 0 amide bonds. The first-order valence-corrected chi connectivity index (χ1v) is 6.28. The summed E-state index contributed by atoms with van der Waals surface area (Å²) in [5.74, 6) is 0.735. The van der Waals surface area contributed by atoms with Crippen LogP contribution in [0.3, 0.4) is 0 Å². The van der Waals surface area contributed by atoms with Crippen LogP contribution in [-0.4, -0.2) is 15.8 Å². The van der Waals surface area contributed by atoms with E-state index in [1.54, 1.807) is 0 Å². The Morgan fingerprint density at radius 1 is 1.25 bits per heavy atom. The van der Waals surface area contributed by atoms with Gasteiger partial charge in [-0.15, -0.1) is 0 Å². The molecule has 1 atom stereocenters. The predicted octanol–water partition coefficient (Wildman–Crippen LogP) is 2.77. The zero-order valence-corrected chi connectivity index (χ0v) is 11.0. The third-order valence-electron chi connectivity index (χ3n) is 2.78. The molecule has 0 saturated carbocycles. The molecule has 0 radical (unpaired) electrons. The molecule has 1 unspecified atom stereocenters. The Labute approximate surface area is 99.0 Å². The molecule has 3 nitrogen and oxygen atoms in total. The van der Waals surface area contributed by atoms with E-state index in [0.717, 1.165) is 24.5 Å². The zero-order valence-electron chi connectivity index (χ0n) is 11.0. The number of nitrogens with two attached hydrogens (primary N) is 1. The highest BCUT2D eigenvalue weighted by atomic mass is 15.3. The second-order valence-electron chi connectivity index (χ2n) is 5.32. The average Bonchev–Trinajstić information content (AvgIpc) is 2.63. The minimum atomic E-state index is 0.248. The summed E-state index contributed by atoms with van der Waals surface area (Å²) in [5, 5.41) is 4.51. The maximum atomic E-state index is 6.09. The molecule has 92 valence electrons. The van der Waals surface area contributed by atoms with Gasteiger partial charge in [-0.1, -0.05) is 13.8 Å². The summed E-state index contributed by atoms with van der Waals surface area (Å²) in [7, 11) is 0. The SMILES string of the molecule is CC(C)CCC(N)Cc1ccn(C(C)C)n1. The topological polar surface area (TPSA) is 43.8 Å². The van der Waals surface area contributed by atoms with Gasteiger partial charge in [0.2, 0.25) is 0 Å². The Bertz CT molecular complexity index is 302. The van der Waals surface area contributed by atoms with E-state index in [1.165, 1.54) is 6.42 Å². The fourth-order valence-corrected chi connectivity index (χ4v) is 1.69. The van der Waals surface area contributed by atoms with E-state index in [2.05, 4.69) is 38.9 Å². The summed E-state index contributed by atoms with van der Waals surface area (Å²) < 4.78 is 1.99. The van der Waals surface area contributed by atoms with Gasteiger partial charge in [0.1, 0.15) is 0 Å². The van der Waals surface area contributed by atoms with Crippen LogP contribution >= 0.6 is 0 Å². The highest BCUT2D eigenvalue weighted by molar-refractivity contribution is 5.01. The molecule has 2 N–H and O–H groups in total. The van der Waals surface area contributed by atoms with Crippen LogP contribution < -0.4 is 5.73 Å². The van der Waals surface area contributed by atoms with Crippen molar-refractivity contribution < 1.29 is 0 Å². The van der Waals surface area contributed by atoms with Crippen molar-refractivity contribution in [3.05, 3.63) is 18.0 Å². The molecule has 0 fully saturated rings. The van der Waals surface area contributed by atoms with Crippen LogP contribution in [-0.2, 0) is 6.42 Å². The number of rotatable bonds is 6. The highest BCUT2D eigenvalue weighted by Crippen LogP contribution is 2.10. The number of aromatic nitrogens is 2. The Balaban J connectivity index is 2.40. The van der Waals surface area contributed by atoms with Gasteiger partial charge in [0, 0.05) is 24.7 Å². The predicted molar refractivity (Wildman–Crippen MR) is 68.4 cm³/mol. The van der Waals surface area contributed by atoms with E-state index in [1.807, 2.05) is 10.9 Å². The standard InChI is InChI=1S/C13H25N3/c1-10(2)5-6-12(14)9-13-7-8-16(15-13)11(3)4/h7-8,10-12H,5-6,9,14H2,1-4H3. The largest absolute Gasteiger partial charge is 0.327 e. The lowest BCUT2D eigenvalue weighted by atomic mass is 10.0. The van der Waals surface area contributed by atoms with E-state index < -0.39 is 0 Å². The molecule has 1 rings (SSSR count). The summed E-state index contributed by atoms with van der Waals surface area (Å²) in [6, 6.07) is 2.76. The molecule has 3 heteroatoms. The van der Waals surface area contributed by atoms with Gasteiger partial charge < -0.3 is 5.73 Å². The van der Waals surface area contributed by atoms with Crippen molar-refractivity contribution in [1.29, 1.82) is 0 Å². The lowest BCUT2D eigenvalue weighted by molar-refractivity contribution is 0.484. The van der Waals surface area contributed by atoms with Crippen molar-refractivity contribution >= 4 is 0 Å². The molecular formula is C13H25N3. The molecular weight excluding hydrogens is 198 g/mol. The van der Waals surface area contributed by atoms with Crippen LogP contribution in [0.15, 0.2) is 12.3 Å². The number of hydrogen-bond donors (Lipinski definition) is 1. The average molecular weight is 223 g/mol. The quantitative estimate of drug-likeness (QED) is 0.806. The molecule has 16 heavy (non-hydrogen) atoms. The van der Waals surface area contributed by atoms with Crippen molar-refractivity contribution in [3.8, 4) is 0 Å². The molecule has 0 bridgehead atoms. The maximum Gasteiger partial charge on any atom is 0.0640 e. The smallest absolute Gasteiger partial charge is 0.0640 e. The summed E-state index contributed by atoms with van der Waals surface area (Å²) in [6.07, 6.45) is 5.22. The van der Waals surface area contributed by atoms with Gasteiger partial charge in [0.15, 0.2) is 0 Å². The van der Waals surface area contributed by atoms with Gasteiger partial charge in [-0.3, -0.25) is 4.68 Å². The molecule has 0 aliphatic rings. The fraction of sp³-hybridized carbons (Fsp3) is 0.769. The third-order valence-corrected chi connectivity index (χ3v) is 2.78. The van der Waals surface area contributed by atoms with Gasteiger partial charge >= 0.3 is 0 Å². The Kier molecular flexibility index (Phi) is 5.00. The van der Waals surface area contributed by atoms with Crippen LogP contribution in [0.25, 0.3) is 0 Å². The first kappa shape index (κ1) is 13.2. The summed E-state index contributed by atoms with van der Waals surface area (Å²) in [4.78, 5) is 0. The number of hydrogen-bond acceptors (Lipinski definition) is 2. The fourth-order valence-electron chi connectivity index (χ4n) is 1.69. The monoisotopic (exact) mass is 223 g/mol. The van der Waals surface area contributed by atoms with Gasteiger partial charge in [0.05, 0.1) is 5.69 Å². The van der Waals surface area contributed by atoms with Crippen LogP contribution in [0.5, 0.6) is 0 Å². The van der Waals surface area contributed by atoms with E-state index >= 15 is 0 Å². The second-order valence-corrected chi connectivity index (χ2v) is 5.32. The van der Waals surface area contributed by atoms with E-state index in [0.29, 0.717) is 6.04 Å². The van der Waals surface area contributed by atoms with E-state index in [9.17, 15) is 0 Å². The van der Waals surface area contributed by atoms with Crippen LogP contribution in [0, 0.1) is 5.92 Å². The van der Waals surface area contributed by atoms with Crippen molar-refractivity contribution in [1.82, 2.24) is 9.78 Å². The summed E-state index contributed by atoms with van der Waals surface area (Å²) in [5.41, 5.74) is 7.21. The highest BCUT2D eigenvalue weighted by Gasteiger charge is 2.08. The first-order valence-electron chi connectivity index (χ1n) is 6.28. The minimum absolute atomic E-state index is 0.248. The van der Waals surface area contributed by atoms with Crippen molar-refractivity contribution in [2.24, 2.45) is 11.7 Å². The van der Waals surface area contributed by atoms with E-state index in [-0.39, 0.29) is 6.04 Å². The molecule has 0 aliphatic heterocycles. The zero-order chi connectivity index (χ0) is 12.1. The van der Waals surface area contributed by atoms with Gasteiger partial charge in [-0.05, 0) is 38.7 Å². The molecule has 0 spiro atoms. The maximum absolute atomic E-state index is 6.09. The number of nitrogens with zero attached hydrogens (tertiary/aromatic N) is 2. The summed E-state index contributed by atoms with van der Waals surface area (Å²) >= 11 is 0. The lowest BCUT2D eigenvalue weighted by Crippen LogP contribution is -2.23. The normalized spacial score (nSPS) is 13.7. The Morgan fingerprint density at radius 2 is 1.94 bits per heavy atom. The van der Waals surface area contributed by atoms with Crippen molar-refractivity contribution in [2.75, 3.05) is 0 Å². The molecule has 1 aromatic rings. The van der Waals surface area contributed by atoms with Gasteiger partial charge in [0.25, 0.3) is 0 Å². The molecule has 0 saturated heterocycles. The second kappa shape index (κ2) is 6.04. The van der Waals surface area contributed by atoms with Gasteiger partial charge in [-0.25, -0.2) is 0 Å². The van der Waals surface area contributed by atoms with E-state index in [4.69, 9.17) is 5.73 Å². The third kappa shape index (κ3) is 4.35. The van der Waals surface area contributed by atoms with Crippen molar-refractivity contribution in [3.63, 3.8) is 0 Å². The molecule has 1 aromatic heterocycles. The van der Waals surface area contributed by atoms with Crippen LogP contribution in [0.2, 0.25) is 0 Å². The van der Waals surface area contributed by atoms with Crippen LogP contribution in [0.4, 0.5) is 0 Å².